The minimum Gasteiger partial charge on any atom is -0.387 e. The van der Waals surface area contributed by atoms with Crippen molar-refractivity contribution < 1.29 is 9.50 Å². The molecule has 3 aromatic rings. The lowest BCUT2D eigenvalue weighted by Crippen LogP contribution is -2.13. The Hall–Kier alpha value is -2.99. The zero-order chi connectivity index (χ0) is 17.6. The average Bonchev–Trinajstić information content (AvgIpc) is 2.62. The van der Waals surface area contributed by atoms with E-state index in [-0.39, 0.29) is 12.4 Å². The molecule has 0 aliphatic heterocycles. The summed E-state index contributed by atoms with van der Waals surface area (Å²) in [6.07, 6.45) is 0.795. The molecule has 5 nitrogen and oxygen atoms in total. The number of benzene rings is 2. The van der Waals surface area contributed by atoms with E-state index in [0.29, 0.717) is 17.3 Å². The number of nitrogens with zero attached hydrogens (tertiary/aromatic N) is 2. The molecule has 1 atom stereocenters. The first-order valence-corrected chi connectivity index (χ1v) is 7.95. The molecule has 1 heterocycles. The molecule has 2 aromatic carbocycles. The van der Waals surface area contributed by atoms with Crippen LogP contribution in [0.1, 0.15) is 17.2 Å². The van der Waals surface area contributed by atoms with E-state index in [2.05, 4.69) is 20.6 Å². The van der Waals surface area contributed by atoms with Crippen LogP contribution >= 0.6 is 0 Å². The summed E-state index contributed by atoms with van der Waals surface area (Å²) in [4.78, 5) is 8.57. The molecule has 3 N–H and O–H groups in total. The van der Waals surface area contributed by atoms with Gasteiger partial charge in [0, 0.05) is 18.4 Å². The van der Waals surface area contributed by atoms with Crippen LogP contribution in [-0.4, -0.2) is 21.6 Å². The third-order valence-corrected chi connectivity index (χ3v) is 3.76. The van der Waals surface area contributed by atoms with Gasteiger partial charge in [-0.2, -0.15) is 4.98 Å². The molecule has 25 heavy (non-hydrogen) atoms. The van der Waals surface area contributed by atoms with Gasteiger partial charge in [0.25, 0.3) is 0 Å². The Labute approximate surface area is 145 Å². The Morgan fingerprint density at radius 3 is 2.76 bits per heavy atom. The molecule has 1 aromatic heterocycles. The molecule has 3 rings (SSSR count). The maximum Gasteiger partial charge on any atom is 0.229 e. The van der Waals surface area contributed by atoms with Crippen LogP contribution in [0.4, 0.5) is 21.8 Å². The summed E-state index contributed by atoms with van der Waals surface area (Å²) in [7, 11) is 0. The van der Waals surface area contributed by atoms with Crippen molar-refractivity contribution in [1.82, 2.24) is 9.97 Å². The third kappa shape index (κ3) is 4.51. The Morgan fingerprint density at radius 2 is 1.96 bits per heavy atom. The summed E-state index contributed by atoms with van der Waals surface area (Å²) in [5.74, 6) is 0.657. The maximum atomic E-state index is 13.2. The first kappa shape index (κ1) is 16.9. The number of aromatic nitrogens is 2. The summed E-state index contributed by atoms with van der Waals surface area (Å²) in [5, 5.41) is 16.4. The highest BCUT2D eigenvalue weighted by Crippen LogP contribution is 2.19. The van der Waals surface area contributed by atoms with Crippen LogP contribution in [0.2, 0.25) is 0 Å². The number of anilines is 3. The van der Waals surface area contributed by atoms with Crippen LogP contribution in [0.15, 0.2) is 60.8 Å². The average molecular weight is 338 g/mol. The van der Waals surface area contributed by atoms with Crippen LogP contribution in [0.25, 0.3) is 0 Å². The van der Waals surface area contributed by atoms with Crippen molar-refractivity contribution in [2.45, 2.75) is 13.0 Å². The van der Waals surface area contributed by atoms with Crippen molar-refractivity contribution in [3.63, 3.8) is 0 Å². The Bertz CT molecular complexity index is 856. The van der Waals surface area contributed by atoms with E-state index >= 15 is 0 Å². The number of hydrogen-bond donors (Lipinski definition) is 3. The van der Waals surface area contributed by atoms with E-state index in [1.807, 2.05) is 31.2 Å². The lowest BCUT2D eigenvalue weighted by Gasteiger charge is -2.13. The predicted octanol–water partition coefficient (Wildman–Crippen LogP) is 3.81. The molecule has 0 radical (unpaired) electrons. The van der Waals surface area contributed by atoms with E-state index < -0.39 is 6.10 Å². The number of rotatable bonds is 6. The maximum absolute atomic E-state index is 13.2. The molecule has 0 fully saturated rings. The highest BCUT2D eigenvalue weighted by Gasteiger charge is 2.09. The molecule has 0 amide bonds. The normalized spacial score (nSPS) is 11.8. The minimum absolute atomic E-state index is 0.213. The zero-order valence-corrected chi connectivity index (χ0v) is 13.8. The largest absolute Gasteiger partial charge is 0.387 e. The van der Waals surface area contributed by atoms with E-state index in [1.165, 1.54) is 12.1 Å². The quantitative estimate of drug-likeness (QED) is 0.637. The van der Waals surface area contributed by atoms with Crippen molar-refractivity contribution in [3.05, 3.63) is 77.7 Å². The van der Waals surface area contributed by atoms with Crippen molar-refractivity contribution in [3.8, 4) is 0 Å². The SMILES string of the molecule is Cc1ccccc1Nc1nccc(NCC(O)c2cccc(F)c2)n1. The number of halogens is 1. The van der Waals surface area contributed by atoms with Crippen LogP contribution in [0.3, 0.4) is 0 Å². The molecule has 0 bridgehead atoms. The Kier molecular flexibility index (Phi) is 5.20. The van der Waals surface area contributed by atoms with Gasteiger partial charge in [0.1, 0.15) is 11.6 Å². The van der Waals surface area contributed by atoms with Crippen molar-refractivity contribution in [1.29, 1.82) is 0 Å². The minimum atomic E-state index is -0.835. The van der Waals surface area contributed by atoms with Gasteiger partial charge in [-0.15, -0.1) is 0 Å². The first-order chi connectivity index (χ1) is 12.1. The third-order valence-electron chi connectivity index (χ3n) is 3.76. The van der Waals surface area contributed by atoms with Gasteiger partial charge in [-0.05, 0) is 42.3 Å². The summed E-state index contributed by atoms with van der Waals surface area (Å²) in [6.45, 7) is 2.21. The summed E-state index contributed by atoms with van der Waals surface area (Å²) in [6, 6.07) is 15.5. The van der Waals surface area contributed by atoms with Gasteiger partial charge in [0.2, 0.25) is 5.95 Å². The van der Waals surface area contributed by atoms with Crippen LogP contribution < -0.4 is 10.6 Å². The zero-order valence-electron chi connectivity index (χ0n) is 13.8. The molecule has 0 saturated heterocycles. The molecule has 0 aliphatic rings. The highest BCUT2D eigenvalue weighted by molar-refractivity contribution is 5.58. The fraction of sp³-hybridized carbons (Fsp3) is 0.158. The fourth-order valence-corrected chi connectivity index (χ4v) is 2.38. The topological polar surface area (TPSA) is 70.1 Å². The van der Waals surface area contributed by atoms with Crippen LogP contribution in [0.5, 0.6) is 0 Å². The standard InChI is InChI=1S/C19H19FN4O/c1-13-5-2-3-8-16(13)23-19-21-10-9-18(24-19)22-12-17(25)14-6-4-7-15(20)11-14/h2-11,17,25H,12H2,1H3,(H2,21,22,23,24). The summed E-state index contributed by atoms with van der Waals surface area (Å²) in [5.41, 5.74) is 2.53. The molecule has 6 heteroatoms. The second-order valence-corrected chi connectivity index (χ2v) is 5.66. The smallest absolute Gasteiger partial charge is 0.229 e. The summed E-state index contributed by atoms with van der Waals surface area (Å²) < 4.78 is 13.2. The monoisotopic (exact) mass is 338 g/mol. The van der Waals surface area contributed by atoms with Crippen molar-refractivity contribution >= 4 is 17.5 Å². The van der Waals surface area contributed by atoms with Crippen LogP contribution in [0, 0.1) is 12.7 Å². The van der Waals surface area contributed by atoms with E-state index in [1.54, 1.807) is 24.4 Å². The van der Waals surface area contributed by atoms with Gasteiger partial charge in [0.05, 0.1) is 6.10 Å². The number of aliphatic hydroxyl groups is 1. The Morgan fingerprint density at radius 1 is 1.12 bits per heavy atom. The van der Waals surface area contributed by atoms with Gasteiger partial charge >= 0.3 is 0 Å². The number of aryl methyl sites for hydroxylation is 1. The second-order valence-electron chi connectivity index (χ2n) is 5.66. The Balaban J connectivity index is 1.65. The molecule has 1 unspecified atom stereocenters. The number of para-hydroxylation sites is 1. The predicted molar refractivity (Wildman–Crippen MR) is 96.3 cm³/mol. The van der Waals surface area contributed by atoms with Gasteiger partial charge < -0.3 is 15.7 Å². The molecule has 128 valence electrons. The van der Waals surface area contributed by atoms with E-state index in [0.717, 1.165) is 11.3 Å². The van der Waals surface area contributed by atoms with Gasteiger partial charge in [0.15, 0.2) is 0 Å². The van der Waals surface area contributed by atoms with Crippen LogP contribution in [-0.2, 0) is 0 Å². The molecular weight excluding hydrogens is 319 g/mol. The molecule has 0 saturated carbocycles. The molecule has 0 spiro atoms. The second kappa shape index (κ2) is 7.72. The summed E-state index contributed by atoms with van der Waals surface area (Å²) >= 11 is 0. The highest BCUT2D eigenvalue weighted by atomic mass is 19.1. The van der Waals surface area contributed by atoms with Gasteiger partial charge in [-0.1, -0.05) is 30.3 Å². The lowest BCUT2D eigenvalue weighted by atomic mass is 10.1. The van der Waals surface area contributed by atoms with Gasteiger partial charge in [-0.25, -0.2) is 9.37 Å². The van der Waals surface area contributed by atoms with Crippen molar-refractivity contribution in [2.24, 2.45) is 0 Å². The van der Waals surface area contributed by atoms with E-state index in [4.69, 9.17) is 0 Å². The van der Waals surface area contributed by atoms with Gasteiger partial charge in [-0.3, -0.25) is 0 Å². The fourth-order valence-electron chi connectivity index (χ4n) is 2.38. The molecular formula is C19H19FN4O. The van der Waals surface area contributed by atoms with E-state index in [9.17, 15) is 9.50 Å². The first-order valence-electron chi connectivity index (χ1n) is 7.95. The molecule has 0 aliphatic carbocycles. The van der Waals surface area contributed by atoms with Crippen molar-refractivity contribution in [2.75, 3.05) is 17.2 Å². The number of hydrogen-bond acceptors (Lipinski definition) is 5. The number of nitrogens with one attached hydrogen (secondary N) is 2. The lowest BCUT2D eigenvalue weighted by molar-refractivity contribution is 0.191. The number of aliphatic hydroxyl groups excluding tert-OH is 1.